The molecular formula is C24H27FN4O. The molecule has 0 spiro atoms. The fraction of sp³-hybridized carbons (Fsp3) is 0.333. The summed E-state index contributed by atoms with van der Waals surface area (Å²) in [5.41, 5.74) is 2.53. The Bertz CT molecular complexity index is 971. The predicted octanol–water partition coefficient (Wildman–Crippen LogP) is 3.74. The lowest BCUT2D eigenvalue weighted by Gasteiger charge is -2.23. The van der Waals surface area contributed by atoms with Crippen molar-refractivity contribution in [3.8, 4) is 11.1 Å². The van der Waals surface area contributed by atoms with Gasteiger partial charge in [-0.2, -0.15) is 0 Å². The van der Waals surface area contributed by atoms with Crippen molar-refractivity contribution in [3.63, 3.8) is 0 Å². The highest BCUT2D eigenvalue weighted by Gasteiger charge is 2.30. The molecule has 3 aromatic rings. The van der Waals surface area contributed by atoms with E-state index in [0.717, 1.165) is 36.6 Å². The minimum atomic E-state index is -0.226. The Kier molecular flexibility index (Phi) is 6.23. The maximum absolute atomic E-state index is 14.1. The molecule has 4 rings (SSSR count). The number of hydrogen-bond donors (Lipinski definition) is 1. The highest BCUT2D eigenvalue weighted by molar-refractivity contribution is 5.79. The summed E-state index contributed by atoms with van der Waals surface area (Å²) in [7, 11) is 0. The summed E-state index contributed by atoms with van der Waals surface area (Å²) >= 11 is 0. The lowest BCUT2D eigenvalue weighted by molar-refractivity contribution is -0.134. The molecule has 1 N–H and O–H groups in total. The van der Waals surface area contributed by atoms with E-state index in [9.17, 15) is 9.18 Å². The number of aromatic nitrogens is 2. The normalized spacial score (nSPS) is 17.9. The molecule has 1 saturated heterocycles. The largest absolute Gasteiger partial charge is 0.348 e. The third-order valence-electron chi connectivity index (χ3n) is 5.76. The topological polar surface area (TPSA) is 52.2 Å². The zero-order valence-corrected chi connectivity index (χ0v) is 17.2. The summed E-state index contributed by atoms with van der Waals surface area (Å²) in [4.78, 5) is 24.8. The van der Waals surface area contributed by atoms with Crippen molar-refractivity contribution in [1.29, 1.82) is 0 Å². The van der Waals surface area contributed by atoms with Crippen LogP contribution in [0.2, 0.25) is 0 Å². The van der Waals surface area contributed by atoms with Gasteiger partial charge >= 0.3 is 0 Å². The third-order valence-corrected chi connectivity index (χ3v) is 5.76. The Morgan fingerprint density at radius 1 is 1.13 bits per heavy atom. The number of hydrogen-bond acceptors (Lipinski definition) is 3. The number of nitrogens with one attached hydrogen (secondary N) is 1. The number of carbonyl (C=O) groups excluding carboxylic acids is 1. The number of amides is 1. The molecule has 1 aliphatic rings. The lowest BCUT2D eigenvalue weighted by atomic mass is 9.95. The van der Waals surface area contributed by atoms with Crippen LogP contribution < -0.4 is 0 Å². The molecule has 0 aliphatic carbocycles. The maximum atomic E-state index is 14.1. The van der Waals surface area contributed by atoms with Gasteiger partial charge in [-0.3, -0.25) is 9.69 Å². The molecular weight excluding hydrogens is 379 g/mol. The van der Waals surface area contributed by atoms with E-state index in [1.807, 2.05) is 48.4 Å². The zero-order chi connectivity index (χ0) is 20.9. The molecule has 0 radical (unpaired) electrons. The maximum Gasteiger partial charge on any atom is 0.227 e. The third kappa shape index (κ3) is 4.60. The summed E-state index contributed by atoms with van der Waals surface area (Å²) in [6, 6.07) is 14.7. The van der Waals surface area contributed by atoms with E-state index in [2.05, 4.69) is 14.9 Å². The van der Waals surface area contributed by atoms with Gasteiger partial charge in [0.2, 0.25) is 5.91 Å². The molecule has 1 atom stereocenters. The average molecular weight is 407 g/mol. The molecule has 0 bridgehead atoms. The number of benzene rings is 2. The molecule has 1 fully saturated rings. The molecule has 156 valence electrons. The smallest absolute Gasteiger partial charge is 0.227 e. The van der Waals surface area contributed by atoms with Crippen LogP contribution >= 0.6 is 0 Å². The molecule has 1 aromatic heterocycles. The van der Waals surface area contributed by atoms with Crippen molar-refractivity contribution in [2.75, 3.05) is 26.2 Å². The summed E-state index contributed by atoms with van der Waals surface area (Å²) in [6.45, 7) is 5.73. The fourth-order valence-corrected chi connectivity index (χ4v) is 4.12. The van der Waals surface area contributed by atoms with Crippen LogP contribution in [0.25, 0.3) is 11.1 Å². The van der Waals surface area contributed by atoms with Crippen LogP contribution in [-0.4, -0.2) is 51.9 Å². The SMILES string of the molecule is CCN1CCN(Cc2ncc[nH]2)C[C@@H](Cc2ccc(-c3ccccc3F)cc2)C1=O. The average Bonchev–Trinajstić information content (AvgIpc) is 3.22. The summed E-state index contributed by atoms with van der Waals surface area (Å²) in [5.74, 6) is 0.788. The number of nitrogens with zero attached hydrogens (tertiary/aromatic N) is 3. The molecule has 6 heteroatoms. The van der Waals surface area contributed by atoms with E-state index >= 15 is 0 Å². The van der Waals surface area contributed by atoms with Gasteiger partial charge in [0.1, 0.15) is 11.6 Å². The molecule has 5 nitrogen and oxygen atoms in total. The van der Waals surface area contributed by atoms with Gasteiger partial charge < -0.3 is 9.88 Å². The van der Waals surface area contributed by atoms with Crippen LogP contribution in [-0.2, 0) is 17.8 Å². The van der Waals surface area contributed by atoms with Gasteiger partial charge in [-0.1, -0.05) is 42.5 Å². The summed E-state index contributed by atoms with van der Waals surface area (Å²) in [5, 5.41) is 0. The standard InChI is InChI=1S/C24H27FN4O/c1-2-29-14-13-28(17-23-26-11-12-27-23)16-20(24(29)30)15-18-7-9-19(10-8-18)21-5-3-4-6-22(21)25/h3-12,20H,2,13-17H2,1H3,(H,26,27)/t20-/m1/s1. The first-order valence-corrected chi connectivity index (χ1v) is 10.5. The minimum Gasteiger partial charge on any atom is -0.348 e. The summed E-state index contributed by atoms with van der Waals surface area (Å²) in [6.07, 6.45) is 4.25. The van der Waals surface area contributed by atoms with Crippen molar-refractivity contribution in [2.45, 2.75) is 19.9 Å². The Morgan fingerprint density at radius 2 is 1.93 bits per heavy atom. The van der Waals surface area contributed by atoms with Crippen LogP contribution in [0.3, 0.4) is 0 Å². The number of rotatable bonds is 6. The van der Waals surface area contributed by atoms with Crippen LogP contribution in [0.1, 0.15) is 18.3 Å². The molecule has 1 aliphatic heterocycles. The van der Waals surface area contributed by atoms with Gasteiger partial charge in [0.25, 0.3) is 0 Å². The second-order valence-corrected chi connectivity index (χ2v) is 7.77. The molecule has 0 unspecified atom stereocenters. The van der Waals surface area contributed by atoms with Gasteiger partial charge in [0.15, 0.2) is 0 Å². The van der Waals surface area contributed by atoms with E-state index in [4.69, 9.17) is 0 Å². The number of H-pyrrole nitrogens is 1. The fourth-order valence-electron chi connectivity index (χ4n) is 4.12. The molecule has 0 saturated carbocycles. The summed E-state index contributed by atoms with van der Waals surface area (Å²) < 4.78 is 14.1. The van der Waals surface area contributed by atoms with E-state index < -0.39 is 0 Å². The van der Waals surface area contributed by atoms with Gasteiger partial charge in [-0.05, 0) is 30.5 Å². The van der Waals surface area contributed by atoms with Crippen LogP contribution in [0, 0.1) is 11.7 Å². The van der Waals surface area contributed by atoms with Gasteiger partial charge in [-0.15, -0.1) is 0 Å². The number of imidazole rings is 1. The second kappa shape index (κ2) is 9.22. The molecule has 2 heterocycles. The zero-order valence-electron chi connectivity index (χ0n) is 17.2. The highest BCUT2D eigenvalue weighted by atomic mass is 19.1. The molecule has 30 heavy (non-hydrogen) atoms. The van der Waals surface area contributed by atoms with E-state index in [1.165, 1.54) is 6.07 Å². The first-order chi connectivity index (χ1) is 14.6. The van der Waals surface area contributed by atoms with E-state index in [-0.39, 0.29) is 17.6 Å². The first-order valence-electron chi connectivity index (χ1n) is 10.5. The molecule has 1 amide bonds. The Labute approximate surface area is 176 Å². The Morgan fingerprint density at radius 3 is 2.63 bits per heavy atom. The van der Waals surface area contributed by atoms with Gasteiger partial charge in [-0.25, -0.2) is 9.37 Å². The Balaban J connectivity index is 1.50. The monoisotopic (exact) mass is 406 g/mol. The van der Waals surface area contributed by atoms with E-state index in [1.54, 1.807) is 18.3 Å². The van der Waals surface area contributed by atoms with Gasteiger partial charge in [0.05, 0.1) is 12.5 Å². The van der Waals surface area contributed by atoms with Gasteiger partial charge in [0, 0.05) is 44.1 Å². The van der Waals surface area contributed by atoms with Crippen molar-refractivity contribution in [3.05, 3.63) is 78.1 Å². The van der Waals surface area contributed by atoms with Crippen molar-refractivity contribution in [2.24, 2.45) is 5.92 Å². The van der Waals surface area contributed by atoms with Crippen molar-refractivity contribution < 1.29 is 9.18 Å². The minimum absolute atomic E-state index is 0.110. The van der Waals surface area contributed by atoms with Crippen LogP contribution in [0.15, 0.2) is 60.9 Å². The Hall–Kier alpha value is -2.99. The van der Waals surface area contributed by atoms with E-state index in [0.29, 0.717) is 25.1 Å². The quantitative estimate of drug-likeness (QED) is 0.679. The predicted molar refractivity (Wildman–Crippen MR) is 115 cm³/mol. The number of carbonyl (C=O) groups is 1. The molecule has 2 aromatic carbocycles. The van der Waals surface area contributed by atoms with Crippen molar-refractivity contribution >= 4 is 5.91 Å². The lowest BCUT2D eigenvalue weighted by Crippen LogP contribution is -2.37. The number of halogens is 1. The number of aromatic amines is 1. The van der Waals surface area contributed by atoms with Crippen molar-refractivity contribution in [1.82, 2.24) is 19.8 Å². The highest BCUT2D eigenvalue weighted by Crippen LogP contribution is 2.24. The second-order valence-electron chi connectivity index (χ2n) is 7.77. The number of likely N-dealkylation sites (N-methyl/N-ethyl adjacent to an activating group) is 1. The van der Waals surface area contributed by atoms with Crippen LogP contribution in [0.5, 0.6) is 0 Å². The first kappa shape index (κ1) is 20.3. The van der Waals surface area contributed by atoms with Crippen LogP contribution in [0.4, 0.5) is 4.39 Å².